The van der Waals surface area contributed by atoms with Crippen LogP contribution in [0.4, 0.5) is 0 Å². The topological polar surface area (TPSA) is 58.4 Å². The summed E-state index contributed by atoms with van der Waals surface area (Å²) in [7, 11) is 3.63. The number of phenols is 1. The SMILES string of the molecule is CN(Cc1cnn(C)c1)C(=O)CC(c1cccc(O)c1)c1cccc(Cl)c1. The molecule has 5 nitrogen and oxygen atoms in total. The zero-order valence-corrected chi connectivity index (χ0v) is 16.1. The summed E-state index contributed by atoms with van der Waals surface area (Å²) in [4.78, 5) is 14.6. The van der Waals surface area contributed by atoms with E-state index in [0.717, 1.165) is 16.7 Å². The number of benzene rings is 2. The van der Waals surface area contributed by atoms with E-state index >= 15 is 0 Å². The summed E-state index contributed by atoms with van der Waals surface area (Å²) in [6, 6.07) is 14.5. The van der Waals surface area contributed by atoms with Crippen molar-refractivity contribution in [3.8, 4) is 5.75 Å². The van der Waals surface area contributed by atoms with Gasteiger partial charge in [-0.05, 0) is 35.4 Å². The van der Waals surface area contributed by atoms with Crippen LogP contribution in [0.15, 0.2) is 60.9 Å². The van der Waals surface area contributed by atoms with Gasteiger partial charge in [0.2, 0.25) is 5.91 Å². The lowest BCUT2D eigenvalue weighted by atomic mass is 9.88. The molecule has 1 aromatic heterocycles. The minimum atomic E-state index is -0.195. The minimum absolute atomic E-state index is 0.00664. The first-order valence-electron chi connectivity index (χ1n) is 8.68. The number of hydrogen-bond donors (Lipinski definition) is 1. The first kappa shape index (κ1) is 19.0. The van der Waals surface area contributed by atoms with E-state index in [0.29, 0.717) is 11.6 Å². The number of carbonyl (C=O) groups is 1. The van der Waals surface area contributed by atoms with E-state index in [9.17, 15) is 9.90 Å². The Hall–Kier alpha value is -2.79. The van der Waals surface area contributed by atoms with Crippen LogP contribution in [0, 0.1) is 0 Å². The lowest BCUT2D eigenvalue weighted by Gasteiger charge is -2.22. The first-order valence-corrected chi connectivity index (χ1v) is 9.06. The molecule has 1 unspecified atom stereocenters. The van der Waals surface area contributed by atoms with Gasteiger partial charge in [0, 0.05) is 49.8 Å². The Morgan fingerprint density at radius 3 is 2.56 bits per heavy atom. The summed E-state index contributed by atoms with van der Waals surface area (Å²) in [5.41, 5.74) is 2.79. The number of rotatable bonds is 6. The zero-order chi connectivity index (χ0) is 19.4. The van der Waals surface area contributed by atoms with Gasteiger partial charge in [0.05, 0.1) is 6.20 Å². The second-order valence-electron chi connectivity index (χ2n) is 6.68. The molecule has 140 valence electrons. The van der Waals surface area contributed by atoms with Gasteiger partial charge in [-0.2, -0.15) is 5.10 Å². The van der Waals surface area contributed by atoms with Crippen LogP contribution in [0.1, 0.15) is 29.0 Å². The lowest BCUT2D eigenvalue weighted by Crippen LogP contribution is -2.27. The van der Waals surface area contributed by atoms with Gasteiger partial charge in [-0.25, -0.2) is 0 Å². The second-order valence-corrected chi connectivity index (χ2v) is 7.12. The Kier molecular flexibility index (Phi) is 5.81. The van der Waals surface area contributed by atoms with Gasteiger partial charge >= 0.3 is 0 Å². The van der Waals surface area contributed by atoms with E-state index in [-0.39, 0.29) is 24.0 Å². The Bertz CT molecular complexity index is 893. The lowest BCUT2D eigenvalue weighted by molar-refractivity contribution is -0.130. The largest absolute Gasteiger partial charge is 0.508 e. The third kappa shape index (κ3) is 4.89. The van der Waals surface area contributed by atoms with E-state index in [4.69, 9.17) is 11.6 Å². The first-order chi connectivity index (χ1) is 12.9. The second kappa shape index (κ2) is 8.27. The van der Waals surface area contributed by atoms with Crippen molar-refractivity contribution in [1.29, 1.82) is 0 Å². The molecule has 1 heterocycles. The number of aromatic nitrogens is 2. The molecule has 0 aliphatic carbocycles. The molecule has 0 aliphatic heterocycles. The van der Waals surface area contributed by atoms with Crippen LogP contribution in [0.2, 0.25) is 5.02 Å². The predicted octanol–water partition coefficient (Wildman–Crippen LogP) is 3.96. The van der Waals surface area contributed by atoms with Crippen molar-refractivity contribution >= 4 is 17.5 Å². The highest BCUT2D eigenvalue weighted by atomic mass is 35.5. The van der Waals surface area contributed by atoms with Crippen molar-refractivity contribution in [1.82, 2.24) is 14.7 Å². The number of nitrogens with zero attached hydrogens (tertiary/aromatic N) is 3. The van der Waals surface area contributed by atoms with Crippen molar-refractivity contribution in [2.45, 2.75) is 18.9 Å². The summed E-state index contributed by atoms with van der Waals surface area (Å²) >= 11 is 6.16. The van der Waals surface area contributed by atoms with E-state index in [2.05, 4.69) is 5.10 Å². The van der Waals surface area contributed by atoms with Gasteiger partial charge in [-0.15, -0.1) is 0 Å². The average Bonchev–Trinajstić information content (AvgIpc) is 3.04. The summed E-state index contributed by atoms with van der Waals surface area (Å²) in [6.45, 7) is 0.495. The summed E-state index contributed by atoms with van der Waals surface area (Å²) in [5, 5.41) is 14.6. The van der Waals surface area contributed by atoms with Crippen LogP contribution in [-0.2, 0) is 18.4 Å². The molecule has 0 spiro atoms. The number of hydrogen-bond acceptors (Lipinski definition) is 3. The Morgan fingerprint density at radius 1 is 1.22 bits per heavy atom. The third-order valence-corrected chi connectivity index (χ3v) is 4.74. The standard InChI is InChI=1S/C21H22ClN3O2/c1-24(13-15-12-23-25(2)14-15)21(27)11-20(16-5-3-7-18(22)9-16)17-6-4-8-19(26)10-17/h3-10,12,14,20,26H,11,13H2,1-2H3. The monoisotopic (exact) mass is 383 g/mol. The quantitative estimate of drug-likeness (QED) is 0.700. The smallest absolute Gasteiger partial charge is 0.223 e. The fraction of sp³-hybridized carbons (Fsp3) is 0.238. The van der Waals surface area contributed by atoms with Crippen molar-refractivity contribution < 1.29 is 9.90 Å². The molecule has 1 amide bonds. The van der Waals surface area contributed by atoms with Gasteiger partial charge in [-0.3, -0.25) is 9.48 Å². The maximum Gasteiger partial charge on any atom is 0.223 e. The molecule has 0 fully saturated rings. The van der Waals surface area contributed by atoms with Crippen LogP contribution in [0.5, 0.6) is 5.75 Å². The molecule has 6 heteroatoms. The zero-order valence-electron chi connectivity index (χ0n) is 15.3. The van der Waals surface area contributed by atoms with Crippen molar-refractivity contribution in [3.63, 3.8) is 0 Å². The minimum Gasteiger partial charge on any atom is -0.508 e. The molecule has 1 atom stereocenters. The Morgan fingerprint density at radius 2 is 1.93 bits per heavy atom. The van der Waals surface area contributed by atoms with Crippen LogP contribution in [0.25, 0.3) is 0 Å². The third-order valence-electron chi connectivity index (χ3n) is 4.51. The maximum atomic E-state index is 12.9. The molecule has 3 rings (SSSR count). The predicted molar refractivity (Wildman–Crippen MR) is 106 cm³/mol. The van der Waals surface area contributed by atoms with Crippen LogP contribution in [-0.4, -0.2) is 32.7 Å². The molecule has 0 saturated heterocycles. The highest BCUT2D eigenvalue weighted by molar-refractivity contribution is 6.30. The number of carbonyl (C=O) groups excluding carboxylic acids is 1. The molecule has 0 bridgehead atoms. The fourth-order valence-corrected chi connectivity index (χ4v) is 3.34. The van der Waals surface area contributed by atoms with Gasteiger partial charge in [0.1, 0.15) is 5.75 Å². The van der Waals surface area contributed by atoms with Crippen molar-refractivity contribution in [2.24, 2.45) is 7.05 Å². The van der Waals surface area contributed by atoms with E-state index in [1.165, 1.54) is 0 Å². The van der Waals surface area contributed by atoms with Gasteiger partial charge in [0.15, 0.2) is 0 Å². The molecule has 0 aliphatic rings. The highest BCUT2D eigenvalue weighted by Gasteiger charge is 2.21. The van der Waals surface area contributed by atoms with Gasteiger partial charge in [0.25, 0.3) is 0 Å². The number of phenolic OH excluding ortho intramolecular Hbond substituents is 1. The Labute approximate surface area is 163 Å². The molecule has 2 aromatic carbocycles. The van der Waals surface area contributed by atoms with Crippen LogP contribution in [0.3, 0.4) is 0 Å². The maximum absolute atomic E-state index is 12.9. The van der Waals surface area contributed by atoms with Crippen LogP contribution >= 0.6 is 11.6 Å². The molecule has 27 heavy (non-hydrogen) atoms. The number of amides is 1. The summed E-state index contributed by atoms with van der Waals surface area (Å²) in [5.74, 6) is -0.0116. The van der Waals surface area contributed by atoms with E-state index < -0.39 is 0 Å². The van der Waals surface area contributed by atoms with E-state index in [1.54, 1.807) is 47.1 Å². The molecular weight excluding hydrogens is 362 g/mol. The molecular formula is C21H22ClN3O2. The average molecular weight is 384 g/mol. The van der Waals surface area contributed by atoms with Gasteiger partial charge in [-0.1, -0.05) is 35.9 Å². The molecule has 0 radical (unpaired) electrons. The number of aromatic hydroxyl groups is 1. The fourth-order valence-electron chi connectivity index (χ4n) is 3.14. The summed E-state index contributed by atoms with van der Waals surface area (Å²) < 4.78 is 1.72. The number of aryl methyl sites for hydroxylation is 1. The number of halogens is 1. The normalized spacial score (nSPS) is 12.0. The summed E-state index contributed by atoms with van der Waals surface area (Å²) in [6.07, 6.45) is 3.93. The molecule has 3 aromatic rings. The van der Waals surface area contributed by atoms with Crippen LogP contribution < -0.4 is 0 Å². The van der Waals surface area contributed by atoms with Gasteiger partial charge < -0.3 is 10.0 Å². The van der Waals surface area contributed by atoms with E-state index in [1.807, 2.05) is 37.5 Å². The highest BCUT2D eigenvalue weighted by Crippen LogP contribution is 2.32. The van der Waals surface area contributed by atoms with Crippen molar-refractivity contribution in [2.75, 3.05) is 7.05 Å². The molecule has 0 saturated carbocycles. The van der Waals surface area contributed by atoms with Crippen molar-refractivity contribution in [3.05, 3.63) is 82.6 Å². The molecule has 1 N–H and O–H groups in total. The Balaban J connectivity index is 1.83.